The van der Waals surface area contributed by atoms with Crippen LogP contribution in [0.1, 0.15) is 16.1 Å². The van der Waals surface area contributed by atoms with Crippen LogP contribution in [0, 0.1) is 0 Å². The molecule has 1 aromatic heterocycles. The first-order chi connectivity index (χ1) is 16.6. The lowest BCUT2D eigenvalue weighted by Gasteiger charge is -2.34. The summed E-state index contributed by atoms with van der Waals surface area (Å²) in [6, 6.07) is 13.4. The fourth-order valence-electron chi connectivity index (χ4n) is 4.38. The van der Waals surface area contributed by atoms with Gasteiger partial charge in [-0.15, -0.1) is 0 Å². The number of hydrogen-bond acceptors (Lipinski definition) is 7. The van der Waals surface area contributed by atoms with E-state index in [1.165, 1.54) is 5.56 Å². The van der Waals surface area contributed by atoms with Crippen molar-refractivity contribution < 1.29 is 23.7 Å². The molecule has 0 saturated carbocycles. The molecule has 1 fully saturated rings. The van der Waals surface area contributed by atoms with Crippen molar-refractivity contribution in [3.8, 4) is 34.3 Å². The van der Waals surface area contributed by atoms with E-state index in [1.807, 2.05) is 41.3 Å². The van der Waals surface area contributed by atoms with E-state index in [4.69, 9.17) is 18.9 Å². The van der Waals surface area contributed by atoms with Crippen molar-refractivity contribution in [3.63, 3.8) is 0 Å². The molecule has 0 bridgehead atoms. The number of aryl methyl sites for hydroxylation is 1. The van der Waals surface area contributed by atoms with Crippen molar-refractivity contribution in [1.29, 1.82) is 0 Å². The van der Waals surface area contributed by atoms with Gasteiger partial charge < -0.3 is 23.8 Å². The van der Waals surface area contributed by atoms with Crippen molar-refractivity contribution in [2.75, 3.05) is 47.2 Å². The number of carbonyl (C=O) groups excluding carboxylic acids is 1. The van der Waals surface area contributed by atoms with Crippen LogP contribution in [-0.4, -0.2) is 72.7 Å². The minimum Gasteiger partial charge on any atom is -0.497 e. The van der Waals surface area contributed by atoms with Gasteiger partial charge in [0.1, 0.15) is 17.2 Å². The van der Waals surface area contributed by atoms with Crippen LogP contribution in [0.25, 0.3) is 11.3 Å². The van der Waals surface area contributed by atoms with Crippen LogP contribution in [0.2, 0.25) is 0 Å². The monoisotopic (exact) mass is 464 g/mol. The summed E-state index contributed by atoms with van der Waals surface area (Å²) < 4.78 is 23.3. The number of aromatic nitrogens is 2. The summed E-state index contributed by atoms with van der Waals surface area (Å²) in [5.74, 6) is 2.92. The third-order valence-electron chi connectivity index (χ3n) is 6.29. The van der Waals surface area contributed by atoms with Crippen molar-refractivity contribution >= 4 is 5.91 Å². The smallest absolute Gasteiger partial charge is 0.272 e. The molecule has 178 valence electrons. The summed E-state index contributed by atoms with van der Waals surface area (Å²) >= 11 is 0. The average molecular weight is 465 g/mol. The molecule has 0 unspecified atom stereocenters. The number of rotatable bonds is 6. The number of methoxy groups -OCH3 is 2. The largest absolute Gasteiger partial charge is 0.497 e. The van der Waals surface area contributed by atoms with E-state index >= 15 is 0 Å². The first-order valence-electron chi connectivity index (χ1n) is 11.2. The van der Waals surface area contributed by atoms with Gasteiger partial charge >= 0.3 is 0 Å². The van der Waals surface area contributed by atoms with Gasteiger partial charge in [0.05, 0.1) is 19.9 Å². The Morgan fingerprint density at radius 2 is 1.76 bits per heavy atom. The minimum absolute atomic E-state index is 0.0172. The molecule has 3 heterocycles. The Labute approximate surface area is 198 Å². The second-order valence-electron chi connectivity index (χ2n) is 8.36. The first-order valence-corrected chi connectivity index (χ1v) is 11.2. The Kier molecular flexibility index (Phi) is 6.02. The van der Waals surface area contributed by atoms with E-state index in [0.29, 0.717) is 36.0 Å². The maximum absolute atomic E-state index is 13.3. The van der Waals surface area contributed by atoms with Crippen LogP contribution in [0.5, 0.6) is 23.0 Å². The van der Waals surface area contributed by atoms with Crippen molar-refractivity contribution in [3.05, 3.63) is 53.7 Å². The fraction of sp³-hybridized carbons (Fsp3) is 0.360. The normalized spacial score (nSPS) is 15.4. The summed E-state index contributed by atoms with van der Waals surface area (Å²) in [6.07, 6.45) is 0. The van der Waals surface area contributed by atoms with E-state index < -0.39 is 0 Å². The predicted octanol–water partition coefficient (Wildman–Crippen LogP) is 2.79. The van der Waals surface area contributed by atoms with Gasteiger partial charge in [0.2, 0.25) is 6.79 Å². The quantitative estimate of drug-likeness (QED) is 0.555. The molecule has 2 aliphatic heterocycles. The number of carbonyl (C=O) groups is 1. The van der Waals surface area contributed by atoms with Crippen LogP contribution < -0.4 is 18.9 Å². The molecule has 9 heteroatoms. The molecular formula is C25H28N4O5. The zero-order chi connectivity index (χ0) is 23.7. The second-order valence-corrected chi connectivity index (χ2v) is 8.36. The summed E-state index contributed by atoms with van der Waals surface area (Å²) in [6.45, 7) is 4.02. The molecule has 2 aromatic carbocycles. The topological polar surface area (TPSA) is 78.3 Å². The maximum Gasteiger partial charge on any atom is 0.272 e. The van der Waals surface area contributed by atoms with Crippen LogP contribution in [0.4, 0.5) is 0 Å². The van der Waals surface area contributed by atoms with Gasteiger partial charge in [-0.25, -0.2) is 0 Å². The van der Waals surface area contributed by atoms with Gasteiger partial charge in [0, 0.05) is 51.4 Å². The molecule has 3 aromatic rings. The third-order valence-corrected chi connectivity index (χ3v) is 6.29. The van der Waals surface area contributed by atoms with Crippen LogP contribution in [0.15, 0.2) is 42.5 Å². The second kappa shape index (κ2) is 9.26. The van der Waals surface area contributed by atoms with Crippen molar-refractivity contribution in [1.82, 2.24) is 19.6 Å². The predicted molar refractivity (Wildman–Crippen MR) is 125 cm³/mol. The molecular weight excluding hydrogens is 436 g/mol. The van der Waals surface area contributed by atoms with Gasteiger partial charge in [0.25, 0.3) is 5.91 Å². The first kappa shape index (κ1) is 22.1. The molecule has 9 nitrogen and oxygen atoms in total. The van der Waals surface area contributed by atoms with E-state index in [-0.39, 0.29) is 12.7 Å². The van der Waals surface area contributed by atoms with E-state index in [0.717, 1.165) is 36.7 Å². The van der Waals surface area contributed by atoms with Gasteiger partial charge in [-0.1, -0.05) is 6.07 Å². The van der Waals surface area contributed by atoms with Gasteiger partial charge in [-0.05, 0) is 35.9 Å². The number of ether oxygens (including phenoxy) is 4. The molecule has 0 aliphatic carbocycles. The molecule has 0 N–H and O–H groups in total. The molecule has 0 spiro atoms. The highest BCUT2D eigenvalue weighted by atomic mass is 16.7. The highest BCUT2D eigenvalue weighted by Crippen LogP contribution is 2.34. The molecule has 2 aliphatic rings. The number of amides is 1. The zero-order valence-electron chi connectivity index (χ0n) is 19.6. The highest BCUT2D eigenvalue weighted by Gasteiger charge is 2.26. The maximum atomic E-state index is 13.3. The Hall–Kier alpha value is -3.72. The molecule has 34 heavy (non-hydrogen) atoms. The standard InChI is InChI=1S/C25H28N4O5/c1-27-21(14-20(26-27)19-6-5-18(31-2)13-23(19)32-3)25(30)29-10-8-28(9-11-29)15-17-4-7-22-24(12-17)34-16-33-22/h4-7,12-14H,8-11,15-16H2,1-3H3. The molecule has 5 rings (SSSR count). The van der Waals surface area contributed by atoms with Crippen molar-refractivity contribution in [2.24, 2.45) is 7.05 Å². The summed E-state index contributed by atoms with van der Waals surface area (Å²) in [4.78, 5) is 17.5. The molecule has 0 atom stereocenters. The van der Waals surface area contributed by atoms with Gasteiger partial charge in [0.15, 0.2) is 11.5 Å². The molecule has 0 radical (unpaired) electrons. The average Bonchev–Trinajstić information content (AvgIpc) is 3.49. The third kappa shape index (κ3) is 4.26. The zero-order valence-corrected chi connectivity index (χ0v) is 19.6. The number of nitrogens with zero attached hydrogens (tertiary/aromatic N) is 4. The van der Waals surface area contributed by atoms with Crippen molar-refractivity contribution in [2.45, 2.75) is 6.54 Å². The minimum atomic E-state index is -0.0172. The summed E-state index contributed by atoms with van der Waals surface area (Å²) in [7, 11) is 5.01. The van der Waals surface area contributed by atoms with Gasteiger partial charge in [-0.2, -0.15) is 5.10 Å². The van der Waals surface area contributed by atoms with Crippen LogP contribution >= 0.6 is 0 Å². The lowest BCUT2D eigenvalue weighted by Crippen LogP contribution is -2.48. The fourth-order valence-corrected chi connectivity index (χ4v) is 4.38. The Balaban J connectivity index is 1.24. The van der Waals surface area contributed by atoms with Crippen LogP contribution in [0.3, 0.4) is 0 Å². The number of hydrogen-bond donors (Lipinski definition) is 0. The Morgan fingerprint density at radius 1 is 0.971 bits per heavy atom. The molecule has 1 amide bonds. The lowest BCUT2D eigenvalue weighted by molar-refractivity contribution is 0.0617. The number of benzene rings is 2. The molecule has 1 saturated heterocycles. The summed E-state index contributed by atoms with van der Waals surface area (Å²) in [5.41, 5.74) is 3.23. The van der Waals surface area contributed by atoms with Gasteiger partial charge in [-0.3, -0.25) is 14.4 Å². The van der Waals surface area contributed by atoms with E-state index in [9.17, 15) is 4.79 Å². The lowest BCUT2D eigenvalue weighted by atomic mass is 10.1. The SMILES string of the molecule is COc1ccc(-c2cc(C(=O)N3CCN(Cc4ccc5c(c4)OCO5)CC3)n(C)n2)c(OC)c1. The Bertz CT molecular complexity index is 1200. The van der Waals surface area contributed by atoms with E-state index in [1.54, 1.807) is 25.9 Å². The summed E-state index contributed by atoms with van der Waals surface area (Å²) in [5, 5.41) is 4.58. The number of fused-ring (bicyclic) bond motifs is 1. The van der Waals surface area contributed by atoms with Crippen LogP contribution in [-0.2, 0) is 13.6 Å². The highest BCUT2D eigenvalue weighted by molar-refractivity contribution is 5.94. The Morgan fingerprint density at radius 3 is 2.53 bits per heavy atom. The van der Waals surface area contributed by atoms with E-state index in [2.05, 4.69) is 16.1 Å². The number of piperazine rings is 1.